The molecule has 1 unspecified atom stereocenters. The molecule has 31 heavy (non-hydrogen) atoms. The number of hydrogen-bond acceptors (Lipinski definition) is 6. The Morgan fingerprint density at radius 2 is 2.03 bits per heavy atom. The number of benzene rings is 1. The van der Waals surface area contributed by atoms with Gasteiger partial charge in [0, 0.05) is 63.1 Å². The molecule has 8 heteroatoms. The number of piperidine rings is 1. The molecule has 2 fully saturated rings. The third-order valence-corrected chi connectivity index (χ3v) is 7.25. The minimum atomic E-state index is 0.197. The van der Waals surface area contributed by atoms with Gasteiger partial charge in [-0.2, -0.15) is 0 Å². The molecule has 1 atom stereocenters. The van der Waals surface area contributed by atoms with Crippen molar-refractivity contribution >= 4 is 27.9 Å². The van der Waals surface area contributed by atoms with E-state index in [1.807, 2.05) is 39.2 Å². The zero-order valence-corrected chi connectivity index (χ0v) is 18.8. The third kappa shape index (κ3) is 4.27. The summed E-state index contributed by atoms with van der Waals surface area (Å²) in [5.41, 5.74) is 2.04. The number of piperazine rings is 1. The van der Waals surface area contributed by atoms with Gasteiger partial charge in [-0.05, 0) is 25.0 Å². The van der Waals surface area contributed by atoms with Crippen LogP contribution in [0.25, 0.3) is 4.96 Å². The number of ether oxygens (including phenoxy) is 1. The van der Waals surface area contributed by atoms with E-state index in [0.717, 1.165) is 62.1 Å². The number of likely N-dealkylation sites (tertiary alicyclic amines) is 1. The lowest BCUT2D eigenvalue weighted by Gasteiger charge is -2.44. The lowest BCUT2D eigenvalue weighted by molar-refractivity contribution is -0.132. The second-order valence-electron chi connectivity index (χ2n) is 8.33. The Hall–Kier alpha value is -2.58. The molecular weight excluding hydrogens is 410 g/mol. The molecule has 1 amide bonds. The van der Waals surface area contributed by atoms with Crippen molar-refractivity contribution in [2.45, 2.75) is 25.3 Å². The van der Waals surface area contributed by atoms with Gasteiger partial charge in [-0.3, -0.25) is 14.1 Å². The molecule has 2 aromatic heterocycles. The number of amides is 1. The van der Waals surface area contributed by atoms with E-state index in [4.69, 9.17) is 4.74 Å². The number of carbonyl (C=O) groups excluding carboxylic acids is 1. The van der Waals surface area contributed by atoms with Crippen LogP contribution in [-0.4, -0.2) is 77.5 Å². The van der Waals surface area contributed by atoms with E-state index < -0.39 is 0 Å². The lowest BCUT2D eigenvalue weighted by Crippen LogP contribution is -2.56. The van der Waals surface area contributed by atoms with Gasteiger partial charge in [-0.15, -0.1) is 11.3 Å². The van der Waals surface area contributed by atoms with Crippen LogP contribution in [0.5, 0.6) is 5.75 Å². The first kappa shape index (κ1) is 20.3. The van der Waals surface area contributed by atoms with Gasteiger partial charge in [-0.25, -0.2) is 4.98 Å². The molecule has 2 saturated heterocycles. The number of carbonyl (C=O) groups is 1. The number of fused-ring (bicyclic) bond motifs is 1. The van der Waals surface area contributed by atoms with Gasteiger partial charge in [0.25, 0.3) is 0 Å². The maximum Gasteiger partial charge on any atom is 0.228 e. The zero-order chi connectivity index (χ0) is 21.2. The summed E-state index contributed by atoms with van der Waals surface area (Å²) in [6.45, 7) is 5.69. The van der Waals surface area contributed by atoms with Crippen LogP contribution in [0.4, 0.5) is 5.69 Å². The van der Waals surface area contributed by atoms with Crippen molar-refractivity contribution in [3.8, 4) is 5.75 Å². The van der Waals surface area contributed by atoms with E-state index in [1.165, 1.54) is 12.1 Å². The predicted octanol–water partition coefficient (Wildman–Crippen LogP) is 2.76. The van der Waals surface area contributed by atoms with Gasteiger partial charge in [0.1, 0.15) is 5.75 Å². The molecule has 2 aliphatic rings. The van der Waals surface area contributed by atoms with Crippen molar-refractivity contribution in [2.24, 2.45) is 0 Å². The fourth-order valence-corrected chi connectivity index (χ4v) is 5.55. The van der Waals surface area contributed by atoms with Crippen molar-refractivity contribution < 1.29 is 9.53 Å². The zero-order valence-electron chi connectivity index (χ0n) is 17.9. The largest absolute Gasteiger partial charge is 0.495 e. The van der Waals surface area contributed by atoms with Crippen LogP contribution in [0.2, 0.25) is 0 Å². The number of methoxy groups -OCH3 is 1. The van der Waals surface area contributed by atoms with Crippen LogP contribution < -0.4 is 9.64 Å². The average Bonchev–Trinajstić information content (AvgIpc) is 3.41. The summed E-state index contributed by atoms with van der Waals surface area (Å²) in [6, 6.07) is 8.69. The molecule has 0 saturated carbocycles. The molecule has 0 radical (unpaired) electrons. The molecule has 2 aliphatic heterocycles. The third-order valence-electron chi connectivity index (χ3n) is 6.48. The Balaban J connectivity index is 1.17. The molecule has 5 rings (SSSR count). The maximum atomic E-state index is 12.9. The minimum Gasteiger partial charge on any atom is -0.495 e. The average molecular weight is 440 g/mol. The van der Waals surface area contributed by atoms with E-state index in [-0.39, 0.29) is 5.91 Å². The Kier molecular flexibility index (Phi) is 5.82. The quantitative estimate of drug-likeness (QED) is 0.612. The number of rotatable bonds is 5. The minimum absolute atomic E-state index is 0.197. The second kappa shape index (κ2) is 8.88. The highest BCUT2D eigenvalue weighted by Crippen LogP contribution is 2.29. The summed E-state index contributed by atoms with van der Waals surface area (Å²) in [7, 11) is 1.73. The lowest BCUT2D eigenvalue weighted by atomic mass is 10.0. The summed E-state index contributed by atoms with van der Waals surface area (Å²) in [6.07, 6.45) is 6.59. The Morgan fingerprint density at radius 1 is 1.19 bits per heavy atom. The van der Waals surface area contributed by atoms with Gasteiger partial charge >= 0.3 is 0 Å². The number of anilines is 1. The van der Waals surface area contributed by atoms with Crippen molar-refractivity contribution in [3.05, 3.63) is 47.7 Å². The Bertz CT molecular complexity index is 1010. The second-order valence-corrected chi connectivity index (χ2v) is 9.21. The van der Waals surface area contributed by atoms with Crippen LogP contribution in [0.3, 0.4) is 0 Å². The van der Waals surface area contributed by atoms with E-state index in [9.17, 15) is 4.79 Å². The van der Waals surface area contributed by atoms with Crippen molar-refractivity contribution in [1.29, 1.82) is 0 Å². The van der Waals surface area contributed by atoms with Gasteiger partial charge < -0.3 is 14.5 Å². The predicted molar refractivity (Wildman–Crippen MR) is 123 cm³/mol. The van der Waals surface area contributed by atoms with Crippen LogP contribution in [0.15, 0.2) is 42.0 Å². The standard InChI is InChI=1S/C23H29N5O2S/c1-30-21-7-3-2-6-20(21)26-11-9-25(10-12-26)19-5-4-8-27(17-19)22(29)15-18-16-28-13-14-31-23(28)24-18/h2-3,6-7,13-14,16,19H,4-5,8-12,15,17H2,1H3. The van der Waals surface area contributed by atoms with Gasteiger partial charge in [0.2, 0.25) is 5.91 Å². The molecule has 0 bridgehead atoms. The highest BCUT2D eigenvalue weighted by molar-refractivity contribution is 7.15. The molecule has 0 spiro atoms. The summed E-state index contributed by atoms with van der Waals surface area (Å²) in [5.74, 6) is 1.13. The van der Waals surface area contributed by atoms with E-state index in [2.05, 4.69) is 26.9 Å². The normalized spacial score (nSPS) is 20.4. The topological polar surface area (TPSA) is 53.3 Å². The molecule has 164 valence electrons. The molecular formula is C23H29N5O2S. The highest BCUT2D eigenvalue weighted by Gasteiger charge is 2.30. The Morgan fingerprint density at radius 3 is 2.84 bits per heavy atom. The Labute approximate surface area is 186 Å². The fraction of sp³-hybridized carbons (Fsp3) is 0.478. The van der Waals surface area contributed by atoms with E-state index in [1.54, 1.807) is 18.4 Å². The van der Waals surface area contributed by atoms with Gasteiger partial charge in [0.15, 0.2) is 4.96 Å². The summed E-state index contributed by atoms with van der Waals surface area (Å²) >= 11 is 1.60. The first-order chi connectivity index (χ1) is 15.2. The van der Waals surface area contributed by atoms with Crippen LogP contribution in [0, 0.1) is 0 Å². The summed E-state index contributed by atoms with van der Waals surface area (Å²) < 4.78 is 7.53. The SMILES string of the molecule is COc1ccccc1N1CCN(C2CCCN(C(=O)Cc3cn4ccsc4n3)C2)CC1. The van der Waals surface area contributed by atoms with Gasteiger partial charge in [0.05, 0.1) is 24.9 Å². The molecule has 3 aromatic rings. The molecule has 4 heterocycles. The van der Waals surface area contributed by atoms with Crippen molar-refractivity contribution in [2.75, 3.05) is 51.3 Å². The molecule has 7 nitrogen and oxygen atoms in total. The van der Waals surface area contributed by atoms with Crippen LogP contribution in [-0.2, 0) is 11.2 Å². The molecule has 1 aromatic carbocycles. The van der Waals surface area contributed by atoms with E-state index in [0.29, 0.717) is 12.5 Å². The number of aromatic nitrogens is 2. The van der Waals surface area contributed by atoms with Crippen LogP contribution >= 0.6 is 11.3 Å². The fourth-order valence-electron chi connectivity index (χ4n) is 4.83. The monoisotopic (exact) mass is 439 g/mol. The smallest absolute Gasteiger partial charge is 0.228 e. The number of hydrogen-bond donors (Lipinski definition) is 0. The number of para-hydroxylation sites is 2. The van der Waals surface area contributed by atoms with E-state index >= 15 is 0 Å². The number of thiazole rings is 1. The number of nitrogens with zero attached hydrogens (tertiary/aromatic N) is 5. The van der Waals surface area contributed by atoms with Crippen molar-refractivity contribution in [3.63, 3.8) is 0 Å². The number of imidazole rings is 1. The summed E-state index contributed by atoms with van der Waals surface area (Å²) in [4.78, 5) is 25.5. The molecule has 0 N–H and O–H groups in total. The first-order valence-corrected chi connectivity index (χ1v) is 11.9. The highest BCUT2D eigenvalue weighted by atomic mass is 32.1. The maximum absolute atomic E-state index is 12.9. The van der Waals surface area contributed by atoms with Crippen LogP contribution in [0.1, 0.15) is 18.5 Å². The van der Waals surface area contributed by atoms with Gasteiger partial charge in [-0.1, -0.05) is 12.1 Å². The van der Waals surface area contributed by atoms with Crippen molar-refractivity contribution in [1.82, 2.24) is 19.2 Å². The molecule has 0 aliphatic carbocycles. The summed E-state index contributed by atoms with van der Waals surface area (Å²) in [5, 5.41) is 2.01. The first-order valence-electron chi connectivity index (χ1n) is 11.0.